The lowest BCUT2D eigenvalue weighted by Gasteiger charge is -2.22. The Hall–Kier alpha value is 0.440. The van der Waals surface area contributed by atoms with E-state index in [4.69, 9.17) is 4.74 Å². The lowest BCUT2D eigenvalue weighted by Crippen LogP contribution is -2.23. The van der Waals surface area contributed by atoms with E-state index in [1.54, 1.807) is 0 Å². The monoisotopic (exact) mass is 194 g/mol. The zero-order chi connectivity index (χ0) is 7.33. The average Bonchev–Trinajstić information content (AvgIpc) is 1.84. The lowest BCUT2D eigenvalue weighted by atomic mass is 10.1. The number of hydrogen-bond donors (Lipinski definition) is 0. The highest BCUT2D eigenvalue weighted by Gasteiger charge is 2.13. The van der Waals surface area contributed by atoms with Crippen LogP contribution in [0.2, 0.25) is 0 Å². The number of alkyl halides is 1. The molecule has 0 bridgehead atoms. The van der Waals surface area contributed by atoms with Crippen molar-refractivity contribution < 1.29 is 4.74 Å². The number of ether oxygens (including phenoxy) is 1. The molecule has 0 aliphatic carbocycles. The molecule has 9 heavy (non-hydrogen) atoms. The molecule has 0 unspecified atom stereocenters. The predicted molar refractivity (Wildman–Crippen MR) is 44.1 cm³/mol. The normalized spacial score (nSPS) is 12.0. The number of halogens is 1. The second kappa shape index (κ2) is 4.29. The second-order valence-corrected chi connectivity index (χ2v) is 3.44. The molecule has 56 valence electrons. The molecular formula is C7H15BrO. The molecule has 1 nitrogen and oxygen atoms in total. The third kappa shape index (κ3) is 4.91. The van der Waals surface area contributed by atoms with E-state index in [1.807, 2.05) is 0 Å². The van der Waals surface area contributed by atoms with Crippen LogP contribution in [0.1, 0.15) is 27.2 Å². The first kappa shape index (κ1) is 9.44. The molecule has 0 saturated carbocycles. The van der Waals surface area contributed by atoms with Crippen LogP contribution < -0.4 is 0 Å². The van der Waals surface area contributed by atoms with Crippen molar-refractivity contribution in [2.45, 2.75) is 32.8 Å². The van der Waals surface area contributed by atoms with Crippen molar-refractivity contribution in [2.75, 3.05) is 11.9 Å². The highest BCUT2D eigenvalue weighted by atomic mass is 79.9. The Labute approximate surface area is 65.9 Å². The van der Waals surface area contributed by atoms with Gasteiger partial charge in [0.2, 0.25) is 0 Å². The van der Waals surface area contributed by atoms with Crippen LogP contribution >= 0.6 is 15.9 Å². The van der Waals surface area contributed by atoms with Crippen LogP contribution in [0, 0.1) is 0 Å². The molecule has 0 spiro atoms. The zero-order valence-electron chi connectivity index (χ0n) is 6.41. The molecule has 0 aromatic rings. The fourth-order valence-corrected chi connectivity index (χ4v) is 0.579. The van der Waals surface area contributed by atoms with Gasteiger partial charge in [-0.1, -0.05) is 22.9 Å². The highest BCUT2D eigenvalue weighted by molar-refractivity contribution is 9.09. The summed E-state index contributed by atoms with van der Waals surface area (Å²) in [5, 5.41) is 0.927. The van der Waals surface area contributed by atoms with E-state index in [0.29, 0.717) is 0 Å². The highest BCUT2D eigenvalue weighted by Crippen LogP contribution is 2.12. The van der Waals surface area contributed by atoms with Gasteiger partial charge in [-0.3, -0.25) is 0 Å². The molecule has 2 heteroatoms. The van der Waals surface area contributed by atoms with Gasteiger partial charge >= 0.3 is 0 Å². The van der Waals surface area contributed by atoms with Crippen LogP contribution in [0.25, 0.3) is 0 Å². The molecule has 0 aliphatic heterocycles. The van der Waals surface area contributed by atoms with Crippen LogP contribution in [0.3, 0.4) is 0 Å². The Bertz CT molecular complexity index is 71.3. The number of hydrogen-bond acceptors (Lipinski definition) is 1. The van der Waals surface area contributed by atoms with Crippen molar-refractivity contribution in [2.24, 2.45) is 0 Å². The standard InChI is InChI=1S/C7H15BrO/c1-4-7(2,3)9-6-5-8/h4-6H2,1-3H3. The van der Waals surface area contributed by atoms with Gasteiger partial charge in [-0.25, -0.2) is 0 Å². The summed E-state index contributed by atoms with van der Waals surface area (Å²) in [7, 11) is 0. The molecule has 0 fully saturated rings. The topological polar surface area (TPSA) is 9.23 Å². The Kier molecular flexibility index (Phi) is 4.50. The van der Waals surface area contributed by atoms with Crippen LogP contribution in [-0.4, -0.2) is 17.5 Å². The number of rotatable bonds is 4. The minimum Gasteiger partial charge on any atom is -0.375 e. The second-order valence-electron chi connectivity index (χ2n) is 2.65. The zero-order valence-corrected chi connectivity index (χ0v) is 7.99. The molecule has 0 heterocycles. The predicted octanol–water partition coefficient (Wildman–Crippen LogP) is 2.59. The van der Waals surface area contributed by atoms with Gasteiger partial charge in [0, 0.05) is 5.33 Å². The van der Waals surface area contributed by atoms with Gasteiger partial charge in [-0.15, -0.1) is 0 Å². The first-order chi connectivity index (χ1) is 4.12. The van der Waals surface area contributed by atoms with Crippen molar-refractivity contribution in [1.29, 1.82) is 0 Å². The summed E-state index contributed by atoms with van der Waals surface area (Å²) >= 11 is 3.31. The van der Waals surface area contributed by atoms with E-state index in [-0.39, 0.29) is 5.60 Å². The van der Waals surface area contributed by atoms with Crippen LogP contribution in [0.15, 0.2) is 0 Å². The van der Waals surface area contributed by atoms with Gasteiger partial charge < -0.3 is 4.74 Å². The lowest BCUT2D eigenvalue weighted by molar-refractivity contribution is -0.0106. The summed E-state index contributed by atoms with van der Waals surface area (Å²) in [5.74, 6) is 0. The average molecular weight is 195 g/mol. The molecule has 0 saturated heterocycles. The van der Waals surface area contributed by atoms with Crippen LogP contribution in [0.4, 0.5) is 0 Å². The fourth-order valence-electron chi connectivity index (χ4n) is 0.417. The van der Waals surface area contributed by atoms with E-state index in [9.17, 15) is 0 Å². The Morgan fingerprint density at radius 3 is 2.33 bits per heavy atom. The van der Waals surface area contributed by atoms with Crippen molar-refractivity contribution in [3.63, 3.8) is 0 Å². The maximum absolute atomic E-state index is 5.48. The molecule has 0 atom stereocenters. The largest absolute Gasteiger partial charge is 0.375 e. The smallest absolute Gasteiger partial charge is 0.0624 e. The Morgan fingerprint density at radius 2 is 2.00 bits per heavy atom. The van der Waals surface area contributed by atoms with Gasteiger partial charge in [0.15, 0.2) is 0 Å². The summed E-state index contributed by atoms with van der Waals surface area (Å²) in [6.45, 7) is 7.15. The third-order valence-corrected chi connectivity index (χ3v) is 1.75. The van der Waals surface area contributed by atoms with Gasteiger partial charge in [0.05, 0.1) is 12.2 Å². The molecule has 0 amide bonds. The van der Waals surface area contributed by atoms with E-state index in [0.717, 1.165) is 18.4 Å². The van der Waals surface area contributed by atoms with Gasteiger partial charge in [-0.2, -0.15) is 0 Å². The van der Waals surface area contributed by atoms with Gasteiger partial charge in [-0.05, 0) is 20.3 Å². The van der Waals surface area contributed by atoms with E-state index >= 15 is 0 Å². The summed E-state index contributed by atoms with van der Waals surface area (Å²) < 4.78 is 5.48. The summed E-state index contributed by atoms with van der Waals surface area (Å²) in [6, 6.07) is 0. The minimum absolute atomic E-state index is 0.0633. The van der Waals surface area contributed by atoms with E-state index in [2.05, 4.69) is 36.7 Å². The van der Waals surface area contributed by atoms with Crippen molar-refractivity contribution >= 4 is 15.9 Å². The third-order valence-electron chi connectivity index (χ3n) is 1.42. The maximum atomic E-state index is 5.48. The van der Waals surface area contributed by atoms with E-state index < -0.39 is 0 Å². The van der Waals surface area contributed by atoms with Crippen molar-refractivity contribution in [3.8, 4) is 0 Å². The minimum atomic E-state index is 0.0633. The molecular weight excluding hydrogens is 180 g/mol. The molecule has 0 rings (SSSR count). The van der Waals surface area contributed by atoms with Crippen LogP contribution in [0.5, 0.6) is 0 Å². The first-order valence-corrected chi connectivity index (χ1v) is 4.44. The Balaban J connectivity index is 3.33. The fraction of sp³-hybridized carbons (Fsp3) is 1.00. The summed E-state index contributed by atoms with van der Waals surface area (Å²) in [6.07, 6.45) is 1.07. The van der Waals surface area contributed by atoms with Crippen LogP contribution in [-0.2, 0) is 4.74 Å². The van der Waals surface area contributed by atoms with Crippen molar-refractivity contribution in [1.82, 2.24) is 0 Å². The molecule has 0 N–H and O–H groups in total. The molecule has 0 aromatic carbocycles. The van der Waals surface area contributed by atoms with Gasteiger partial charge in [0.25, 0.3) is 0 Å². The van der Waals surface area contributed by atoms with Gasteiger partial charge in [0.1, 0.15) is 0 Å². The Morgan fingerprint density at radius 1 is 1.44 bits per heavy atom. The summed E-state index contributed by atoms with van der Waals surface area (Å²) in [4.78, 5) is 0. The molecule has 0 radical (unpaired) electrons. The quantitative estimate of drug-likeness (QED) is 0.626. The maximum Gasteiger partial charge on any atom is 0.0624 e. The summed E-state index contributed by atoms with van der Waals surface area (Å²) in [5.41, 5.74) is 0.0633. The molecule has 0 aromatic heterocycles. The van der Waals surface area contributed by atoms with E-state index in [1.165, 1.54) is 0 Å². The SMILES string of the molecule is CCC(C)(C)OCCBr. The first-order valence-electron chi connectivity index (χ1n) is 3.32. The van der Waals surface area contributed by atoms with Crippen molar-refractivity contribution in [3.05, 3.63) is 0 Å². The molecule has 0 aliphatic rings.